The van der Waals surface area contributed by atoms with Crippen molar-refractivity contribution in [2.45, 2.75) is 46.5 Å². The molecule has 0 aliphatic heterocycles. The fourth-order valence-corrected chi connectivity index (χ4v) is 1.03. The molecule has 0 bridgehead atoms. The van der Waals surface area contributed by atoms with Crippen LogP contribution in [0.3, 0.4) is 0 Å². The number of hydrogen-bond acceptors (Lipinski definition) is 0. The highest BCUT2D eigenvalue weighted by Crippen LogP contribution is 2.08. The van der Waals surface area contributed by atoms with Crippen molar-refractivity contribution in [2.24, 2.45) is 0 Å². The van der Waals surface area contributed by atoms with E-state index in [4.69, 9.17) is 0 Å². The van der Waals surface area contributed by atoms with Crippen LogP contribution in [0.5, 0.6) is 0 Å². The van der Waals surface area contributed by atoms with Crippen molar-refractivity contribution in [3.05, 3.63) is 11.6 Å². The van der Waals surface area contributed by atoms with E-state index >= 15 is 0 Å². The van der Waals surface area contributed by atoms with Crippen LogP contribution >= 0.6 is 0 Å². The molecule has 0 saturated carbocycles. The zero-order valence-corrected chi connectivity index (χ0v) is 6.91. The lowest BCUT2D eigenvalue weighted by atomic mass is 10.1. The fourth-order valence-electron chi connectivity index (χ4n) is 1.03. The van der Waals surface area contributed by atoms with Crippen LogP contribution in [0.1, 0.15) is 46.5 Å². The van der Waals surface area contributed by atoms with Gasteiger partial charge in [-0.2, -0.15) is 0 Å². The lowest BCUT2D eigenvalue weighted by Gasteiger charge is -1.99. The molecule has 0 fully saturated rings. The standard InChI is InChI=1S/C9H18/c1-4-7-9(6-3)8-5-2/h7H,4-6,8H2,1-3H3. The van der Waals surface area contributed by atoms with Gasteiger partial charge in [0.25, 0.3) is 0 Å². The van der Waals surface area contributed by atoms with E-state index in [1.807, 2.05) is 0 Å². The molecular weight excluding hydrogens is 108 g/mol. The van der Waals surface area contributed by atoms with Crippen LogP contribution in [0.4, 0.5) is 0 Å². The van der Waals surface area contributed by atoms with Gasteiger partial charge in [-0.1, -0.05) is 38.8 Å². The highest BCUT2D eigenvalue weighted by Gasteiger charge is 1.88. The van der Waals surface area contributed by atoms with Crippen LogP contribution < -0.4 is 0 Å². The molecule has 0 aromatic heterocycles. The summed E-state index contributed by atoms with van der Waals surface area (Å²) in [4.78, 5) is 0. The molecule has 0 heterocycles. The molecule has 9 heavy (non-hydrogen) atoms. The molecule has 0 aromatic rings. The van der Waals surface area contributed by atoms with Crippen LogP contribution in [0.15, 0.2) is 11.6 Å². The molecule has 0 N–H and O–H groups in total. The predicted molar refractivity (Wildman–Crippen MR) is 43.6 cm³/mol. The van der Waals surface area contributed by atoms with E-state index in [-0.39, 0.29) is 0 Å². The minimum atomic E-state index is 1.20. The van der Waals surface area contributed by atoms with Crippen molar-refractivity contribution < 1.29 is 0 Å². The number of hydrogen-bond donors (Lipinski definition) is 0. The molecule has 0 amide bonds. The Hall–Kier alpha value is -0.260. The fraction of sp³-hybridized carbons (Fsp3) is 0.778. The monoisotopic (exact) mass is 126 g/mol. The minimum absolute atomic E-state index is 1.20. The Balaban J connectivity index is 3.53. The lowest BCUT2D eigenvalue weighted by molar-refractivity contribution is 0.849. The Morgan fingerprint density at radius 2 is 1.89 bits per heavy atom. The summed E-state index contributed by atoms with van der Waals surface area (Å²) < 4.78 is 0. The van der Waals surface area contributed by atoms with E-state index in [0.29, 0.717) is 0 Å². The Morgan fingerprint density at radius 3 is 2.22 bits per heavy atom. The van der Waals surface area contributed by atoms with Crippen molar-refractivity contribution in [3.8, 4) is 0 Å². The van der Waals surface area contributed by atoms with Gasteiger partial charge in [0.2, 0.25) is 0 Å². The van der Waals surface area contributed by atoms with Crippen molar-refractivity contribution in [3.63, 3.8) is 0 Å². The van der Waals surface area contributed by atoms with Gasteiger partial charge in [0, 0.05) is 0 Å². The van der Waals surface area contributed by atoms with E-state index in [1.54, 1.807) is 5.57 Å². The highest BCUT2D eigenvalue weighted by atomic mass is 13.9. The Labute approximate surface area is 59.0 Å². The maximum atomic E-state index is 2.35. The SMILES string of the molecule is CCC=C(CC)CCC. The third-order valence-electron chi connectivity index (χ3n) is 1.52. The van der Waals surface area contributed by atoms with E-state index in [0.717, 1.165) is 0 Å². The quantitative estimate of drug-likeness (QED) is 0.505. The van der Waals surface area contributed by atoms with Crippen LogP contribution in [0.2, 0.25) is 0 Å². The molecule has 0 heteroatoms. The smallest absolute Gasteiger partial charge is 0.0323 e. The van der Waals surface area contributed by atoms with Gasteiger partial charge in [-0.15, -0.1) is 0 Å². The molecule has 0 radical (unpaired) electrons. The van der Waals surface area contributed by atoms with Crippen LogP contribution in [0.25, 0.3) is 0 Å². The molecule has 0 rings (SSSR count). The molecule has 54 valence electrons. The van der Waals surface area contributed by atoms with Crippen molar-refractivity contribution in [1.29, 1.82) is 0 Å². The minimum Gasteiger partial charge on any atom is -0.0856 e. The number of rotatable bonds is 4. The largest absolute Gasteiger partial charge is 0.0856 e. The normalized spacial score (nSPS) is 12.1. The summed E-state index contributed by atoms with van der Waals surface area (Å²) in [7, 11) is 0. The average Bonchev–Trinajstić information content (AvgIpc) is 1.88. The molecular formula is C9H18. The molecule has 0 spiro atoms. The highest BCUT2D eigenvalue weighted by molar-refractivity contribution is 4.99. The molecule has 0 unspecified atom stereocenters. The van der Waals surface area contributed by atoms with Crippen molar-refractivity contribution in [1.82, 2.24) is 0 Å². The summed E-state index contributed by atoms with van der Waals surface area (Å²) in [5.41, 5.74) is 1.63. The van der Waals surface area contributed by atoms with E-state index in [2.05, 4.69) is 26.8 Å². The first-order valence-corrected chi connectivity index (χ1v) is 4.03. The van der Waals surface area contributed by atoms with Crippen LogP contribution in [-0.4, -0.2) is 0 Å². The molecule has 0 saturated heterocycles. The molecule has 0 aliphatic rings. The second-order valence-corrected chi connectivity index (χ2v) is 2.37. The summed E-state index contributed by atoms with van der Waals surface area (Å²) in [6, 6.07) is 0. The van der Waals surface area contributed by atoms with Gasteiger partial charge in [-0.25, -0.2) is 0 Å². The first-order valence-electron chi connectivity index (χ1n) is 4.03. The summed E-state index contributed by atoms with van der Waals surface area (Å²) in [5, 5.41) is 0. The second kappa shape index (κ2) is 5.87. The zero-order valence-electron chi connectivity index (χ0n) is 6.91. The molecule has 0 atom stereocenters. The van der Waals surface area contributed by atoms with Gasteiger partial charge in [0.05, 0.1) is 0 Å². The van der Waals surface area contributed by atoms with Gasteiger partial charge in [-0.3, -0.25) is 0 Å². The first kappa shape index (κ1) is 8.74. The van der Waals surface area contributed by atoms with Crippen molar-refractivity contribution >= 4 is 0 Å². The maximum Gasteiger partial charge on any atom is -0.0323 e. The Morgan fingerprint density at radius 1 is 1.22 bits per heavy atom. The van der Waals surface area contributed by atoms with Crippen LogP contribution in [0, 0.1) is 0 Å². The summed E-state index contributed by atoms with van der Waals surface area (Å²) in [5.74, 6) is 0. The molecule has 0 aromatic carbocycles. The predicted octanol–water partition coefficient (Wildman–Crippen LogP) is 3.53. The second-order valence-electron chi connectivity index (χ2n) is 2.37. The van der Waals surface area contributed by atoms with Gasteiger partial charge in [0.15, 0.2) is 0 Å². The number of allylic oxidation sites excluding steroid dienone is 2. The van der Waals surface area contributed by atoms with E-state index < -0.39 is 0 Å². The van der Waals surface area contributed by atoms with Gasteiger partial charge >= 0.3 is 0 Å². The van der Waals surface area contributed by atoms with E-state index in [1.165, 1.54) is 25.7 Å². The third kappa shape index (κ3) is 4.26. The summed E-state index contributed by atoms with van der Waals surface area (Å²) in [6.07, 6.45) is 7.37. The summed E-state index contributed by atoms with van der Waals surface area (Å²) in [6.45, 7) is 6.67. The Bertz CT molecular complexity index is 80.0. The molecule has 0 nitrogen and oxygen atoms in total. The summed E-state index contributed by atoms with van der Waals surface area (Å²) >= 11 is 0. The van der Waals surface area contributed by atoms with E-state index in [9.17, 15) is 0 Å². The maximum absolute atomic E-state index is 2.35. The van der Waals surface area contributed by atoms with Gasteiger partial charge in [0.1, 0.15) is 0 Å². The topological polar surface area (TPSA) is 0 Å². The average molecular weight is 126 g/mol. The van der Waals surface area contributed by atoms with Gasteiger partial charge in [-0.05, 0) is 19.3 Å². The lowest BCUT2D eigenvalue weighted by Crippen LogP contribution is -1.78. The molecule has 0 aliphatic carbocycles. The van der Waals surface area contributed by atoms with Crippen LogP contribution in [-0.2, 0) is 0 Å². The Kier molecular flexibility index (Phi) is 5.70. The first-order chi connectivity index (χ1) is 4.35. The van der Waals surface area contributed by atoms with Crippen molar-refractivity contribution in [2.75, 3.05) is 0 Å². The van der Waals surface area contributed by atoms with Gasteiger partial charge < -0.3 is 0 Å². The third-order valence-corrected chi connectivity index (χ3v) is 1.52. The zero-order chi connectivity index (χ0) is 7.11.